The fourth-order valence-corrected chi connectivity index (χ4v) is 4.05. The van der Waals surface area contributed by atoms with Crippen LogP contribution in [0.3, 0.4) is 0 Å². The Kier molecular flexibility index (Phi) is 5.97. The van der Waals surface area contributed by atoms with Gasteiger partial charge in [0, 0.05) is 24.4 Å². The number of ether oxygens (including phenoxy) is 1. The van der Waals surface area contributed by atoms with Crippen molar-refractivity contribution < 1.29 is 19.1 Å². The molecule has 2 N–H and O–H groups in total. The lowest BCUT2D eigenvalue weighted by atomic mass is 9.81. The van der Waals surface area contributed by atoms with Gasteiger partial charge in [0.25, 0.3) is 11.5 Å². The van der Waals surface area contributed by atoms with E-state index in [0.717, 1.165) is 36.0 Å². The number of pyridine rings is 1. The summed E-state index contributed by atoms with van der Waals surface area (Å²) in [5.74, 6) is -0.903. The topological polar surface area (TPSA) is 80.6 Å². The third-order valence-corrected chi connectivity index (χ3v) is 5.72. The van der Waals surface area contributed by atoms with E-state index in [-0.39, 0.29) is 11.4 Å². The van der Waals surface area contributed by atoms with Crippen LogP contribution >= 0.6 is 0 Å². The molecule has 0 spiro atoms. The molecule has 1 atom stereocenters. The van der Waals surface area contributed by atoms with Crippen molar-refractivity contribution >= 4 is 5.91 Å². The summed E-state index contributed by atoms with van der Waals surface area (Å²) in [4.78, 5) is 24.3. The summed E-state index contributed by atoms with van der Waals surface area (Å²) < 4.78 is 21.2. The molecule has 1 aliphatic rings. The van der Waals surface area contributed by atoms with E-state index in [2.05, 4.69) is 0 Å². The molecule has 2 aromatic carbocycles. The van der Waals surface area contributed by atoms with Crippen molar-refractivity contribution in [1.82, 2.24) is 10.0 Å². The van der Waals surface area contributed by atoms with Gasteiger partial charge < -0.3 is 9.30 Å². The van der Waals surface area contributed by atoms with Gasteiger partial charge in [0.2, 0.25) is 0 Å². The second kappa shape index (κ2) is 8.83. The average molecular weight is 422 g/mol. The summed E-state index contributed by atoms with van der Waals surface area (Å²) in [6, 6.07) is 16.4. The number of amides is 1. The predicted octanol–water partition coefficient (Wildman–Crippen LogP) is 3.60. The predicted molar refractivity (Wildman–Crippen MR) is 112 cm³/mol. The Morgan fingerprint density at radius 3 is 2.42 bits per heavy atom. The van der Waals surface area contributed by atoms with Crippen molar-refractivity contribution in [3.8, 4) is 0 Å². The summed E-state index contributed by atoms with van der Waals surface area (Å²) >= 11 is 0. The normalized spacial score (nSPS) is 18.5. The number of hydrogen-bond donors (Lipinski definition) is 2. The fraction of sp³-hybridized carbons (Fsp3) is 0.250. The van der Waals surface area contributed by atoms with Crippen LogP contribution in [0.4, 0.5) is 4.39 Å². The highest BCUT2D eigenvalue weighted by Crippen LogP contribution is 2.40. The van der Waals surface area contributed by atoms with Crippen LogP contribution in [0.5, 0.6) is 0 Å². The number of aromatic nitrogens is 1. The second-order valence-electron chi connectivity index (χ2n) is 7.66. The van der Waals surface area contributed by atoms with Gasteiger partial charge >= 0.3 is 0 Å². The van der Waals surface area contributed by atoms with Gasteiger partial charge in [-0.15, -0.1) is 0 Å². The standard InChI is InChI=1S/C24H23FN2O4/c25-21-9-7-19(8-10-21)24(12-1-2-14-31-24)20-11-13-27(22(28)15-20)16-17-3-5-18(6-4-17)23(29)26-30/h3-11,13,15,30H,1-2,12,14,16H2,(H,26,29). The maximum Gasteiger partial charge on any atom is 0.274 e. The Balaban J connectivity index is 1.63. The van der Waals surface area contributed by atoms with E-state index in [9.17, 15) is 14.0 Å². The minimum Gasteiger partial charge on any atom is -0.366 e. The van der Waals surface area contributed by atoms with Crippen LogP contribution in [0, 0.1) is 5.82 Å². The van der Waals surface area contributed by atoms with E-state index in [1.807, 2.05) is 6.07 Å². The van der Waals surface area contributed by atoms with Crippen LogP contribution in [-0.4, -0.2) is 22.3 Å². The summed E-state index contributed by atoms with van der Waals surface area (Å²) in [5.41, 5.74) is 3.41. The van der Waals surface area contributed by atoms with E-state index >= 15 is 0 Å². The van der Waals surface area contributed by atoms with Crippen molar-refractivity contribution in [2.75, 3.05) is 6.61 Å². The van der Waals surface area contributed by atoms with Crippen molar-refractivity contribution in [2.24, 2.45) is 0 Å². The zero-order valence-corrected chi connectivity index (χ0v) is 16.9. The van der Waals surface area contributed by atoms with Crippen molar-refractivity contribution in [1.29, 1.82) is 0 Å². The first-order chi connectivity index (χ1) is 15.0. The lowest BCUT2D eigenvalue weighted by molar-refractivity contribution is -0.0535. The molecule has 3 aromatic rings. The summed E-state index contributed by atoms with van der Waals surface area (Å²) in [6.07, 6.45) is 4.35. The van der Waals surface area contributed by atoms with E-state index in [0.29, 0.717) is 18.7 Å². The maximum absolute atomic E-state index is 13.5. The smallest absolute Gasteiger partial charge is 0.274 e. The number of benzene rings is 2. The second-order valence-corrected chi connectivity index (χ2v) is 7.66. The molecule has 0 bridgehead atoms. The summed E-state index contributed by atoms with van der Waals surface area (Å²) in [6.45, 7) is 0.915. The third-order valence-electron chi connectivity index (χ3n) is 5.72. The van der Waals surface area contributed by atoms with Gasteiger partial charge in [0.05, 0.1) is 6.54 Å². The Bertz CT molecular complexity index is 1120. The first kappa shape index (κ1) is 21.0. The van der Waals surface area contributed by atoms with Gasteiger partial charge in [-0.1, -0.05) is 24.3 Å². The maximum atomic E-state index is 13.5. The van der Waals surface area contributed by atoms with E-state index in [4.69, 9.17) is 9.94 Å². The highest BCUT2D eigenvalue weighted by Gasteiger charge is 2.37. The summed E-state index contributed by atoms with van der Waals surface area (Å²) in [7, 11) is 0. The molecule has 4 rings (SSSR count). The highest BCUT2D eigenvalue weighted by molar-refractivity contribution is 5.93. The van der Waals surface area contributed by atoms with Gasteiger partial charge in [-0.2, -0.15) is 0 Å². The molecule has 1 fully saturated rings. The molecule has 7 heteroatoms. The number of hydrogen-bond acceptors (Lipinski definition) is 4. The Hall–Kier alpha value is -3.29. The molecular formula is C24H23FN2O4. The van der Waals surface area contributed by atoms with Crippen molar-refractivity contribution in [3.05, 3.63) is 105 Å². The first-order valence-corrected chi connectivity index (χ1v) is 10.2. The van der Waals surface area contributed by atoms with E-state index in [1.165, 1.54) is 12.1 Å². The molecule has 1 aliphatic heterocycles. The lowest BCUT2D eigenvalue weighted by Gasteiger charge is -2.38. The van der Waals surface area contributed by atoms with Crippen LogP contribution in [0.25, 0.3) is 0 Å². The zero-order valence-electron chi connectivity index (χ0n) is 16.9. The molecule has 1 unspecified atom stereocenters. The van der Waals surface area contributed by atoms with Gasteiger partial charge in [0.15, 0.2) is 0 Å². The fourth-order valence-electron chi connectivity index (χ4n) is 4.05. The van der Waals surface area contributed by atoms with Crippen LogP contribution in [0.15, 0.2) is 71.7 Å². The monoisotopic (exact) mass is 422 g/mol. The number of carbonyl (C=O) groups excluding carboxylic acids is 1. The molecule has 0 radical (unpaired) electrons. The molecule has 0 aliphatic carbocycles. The van der Waals surface area contributed by atoms with Crippen LogP contribution in [0.1, 0.15) is 46.3 Å². The number of carbonyl (C=O) groups is 1. The number of hydroxylamine groups is 1. The first-order valence-electron chi connectivity index (χ1n) is 10.2. The van der Waals surface area contributed by atoms with Crippen molar-refractivity contribution in [2.45, 2.75) is 31.4 Å². The molecule has 31 heavy (non-hydrogen) atoms. The largest absolute Gasteiger partial charge is 0.366 e. The molecule has 1 amide bonds. The Labute approximate surface area is 178 Å². The van der Waals surface area contributed by atoms with Crippen molar-refractivity contribution in [3.63, 3.8) is 0 Å². The van der Waals surface area contributed by atoms with Crippen LogP contribution in [0.2, 0.25) is 0 Å². The molecule has 1 aromatic heterocycles. The minimum atomic E-state index is -0.760. The van der Waals surface area contributed by atoms with Gasteiger partial charge in [0.1, 0.15) is 11.4 Å². The zero-order chi connectivity index (χ0) is 21.8. The Morgan fingerprint density at radius 1 is 1.06 bits per heavy atom. The van der Waals surface area contributed by atoms with Crippen LogP contribution < -0.4 is 11.0 Å². The molecule has 0 saturated carbocycles. The highest BCUT2D eigenvalue weighted by atomic mass is 19.1. The number of nitrogens with one attached hydrogen (secondary N) is 1. The number of nitrogens with zero attached hydrogens (tertiary/aromatic N) is 1. The van der Waals surface area contributed by atoms with Crippen LogP contribution in [-0.2, 0) is 16.9 Å². The minimum absolute atomic E-state index is 0.176. The number of rotatable bonds is 5. The van der Waals surface area contributed by atoms with E-state index < -0.39 is 11.5 Å². The molecule has 2 heterocycles. The molecule has 6 nitrogen and oxygen atoms in total. The van der Waals surface area contributed by atoms with Gasteiger partial charge in [-0.05, 0) is 66.3 Å². The molecular weight excluding hydrogens is 399 g/mol. The Morgan fingerprint density at radius 2 is 1.81 bits per heavy atom. The lowest BCUT2D eigenvalue weighted by Crippen LogP contribution is -2.36. The SMILES string of the molecule is O=C(NO)c1ccc(Cn2ccc(C3(c4ccc(F)cc4)CCCCO3)cc2=O)cc1. The van der Waals surface area contributed by atoms with Gasteiger partial charge in [-0.3, -0.25) is 14.8 Å². The number of halogens is 1. The van der Waals surface area contributed by atoms with E-state index in [1.54, 1.807) is 58.7 Å². The summed E-state index contributed by atoms with van der Waals surface area (Å²) in [5, 5.41) is 8.71. The molecule has 1 saturated heterocycles. The third kappa shape index (κ3) is 4.28. The quantitative estimate of drug-likeness (QED) is 0.486. The molecule has 160 valence electrons. The van der Waals surface area contributed by atoms with Gasteiger partial charge in [-0.25, -0.2) is 9.87 Å². The average Bonchev–Trinajstić information content (AvgIpc) is 2.81.